The molecule has 0 bridgehead atoms. The van der Waals surface area contributed by atoms with Gasteiger partial charge in [-0.1, -0.05) is 0 Å². The van der Waals surface area contributed by atoms with Crippen molar-refractivity contribution in [2.24, 2.45) is 0 Å². The third kappa shape index (κ3) is 1.76. The van der Waals surface area contributed by atoms with Crippen LogP contribution in [0.5, 0.6) is 11.5 Å². The van der Waals surface area contributed by atoms with Crippen LogP contribution in [-0.2, 0) is 6.42 Å². The van der Waals surface area contributed by atoms with Crippen molar-refractivity contribution in [3.8, 4) is 11.5 Å². The molecule has 1 heterocycles. The van der Waals surface area contributed by atoms with Gasteiger partial charge in [0.2, 0.25) is 0 Å². The Bertz CT molecular complexity index is 421. The van der Waals surface area contributed by atoms with Gasteiger partial charge in [-0.25, -0.2) is 0 Å². The second-order valence-electron chi connectivity index (χ2n) is 4.82. The molecular weight excluding hydrogens is 204 g/mol. The molecule has 86 valence electrons. The van der Waals surface area contributed by atoms with Crippen molar-refractivity contribution in [2.75, 3.05) is 13.2 Å². The fourth-order valence-electron chi connectivity index (χ4n) is 2.10. The lowest BCUT2D eigenvalue weighted by Crippen LogP contribution is -2.17. The predicted octanol–water partition coefficient (Wildman–Crippen LogP) is 1.83. The minimum Gasteiger partial charge on any atom is -0.486 e. The Labute approximate surface area is 95.0 Å². The lowest BCUT2D eigenvalue weighted by atomic mass is 10.0. The van der Waals surface area contributed by atoms with Gasteiger partial charge in [0.1, 0.15) is 13.2 Å². The molecule has 0 atom stereocenters. The maximum atomic E-state index is 9.94. The Morgan fingerprint density at radius 1 is 1.19 bits per heavy atom. The Balaban J connectivity index is 1.92. The molecule has 1 aromatic rings. The fourth-order valence-corrected chi connectivity index (χ4v) is 2.10. The van der Waals surface area contributed by atoms with Crippen LogP contribution in [0.25, 0.3) is 0 Å². The summed E-state index contributed by atoms with van der Waals surface area (Å²) in [4.78, 5) is 0. The van der Waals surface area contributed by atoms with Gasteiger partial charge in [0.25, 0.3) is 0 Å². The summed E-state index contributed by atoms with van der Waals surface area (Å²) in [7, 11) is 0. The lowest BCUT2D eigenvalue weighted by molar-refractivity contribution is 0.149. The van der Waals surface area contributed by atoms with Crippen molar-refractivity contribution >= 4 is 0 Å². The first-order chi connectivity index (χ1) is 7.66. The van der Waals surface area contributed by atoms with E-state index in [0.29, 0.717) is 13.2 Å². The number of benzene rings is 1. The molecule has 0 spiro atoms. The van der Waals surface area contributed by atoms with Gasteiger partial charge >= 0.3 is 0 Å². The molecule has 1 N–H and O–H groups in total. The monoisotopic (exact) mass is 220 g/mol. The third-order valence-electron chi connectivity index (χ3n) is 3.35. The van der Waals surface area contributed by atoms with E-state index >= 15 is 0 Å². The zero-order valence-corrected chi connectivity index (χ0v) is 9.45. The predicted molar refractivity (Wildman–Crippen MR) is 60.1 cm³/mol. The number of hydrogen-bond acceptors (Lipinski definition) is 3. The quantitative estimate of drug-likeness (QED) is 0.826. The molecule has 0 radical (unpaired) electrons. The topological polar surface area (TPSA) is 38.7 Å². The lowest BCUT2D eigenvalue weighted by Gasteiger charge is -2.21. The van der Waals surface area contributed by atoms with E-state index < -0.39 is 5.60 Å². The highest BCUT2D eigenvalue weighted by atomic mass is 16.6. The number of hydrogen-bond donors (Lipinski definition) is 1. The van der Waals surface area contributed by atoms with Gasteiger partial charge < -0.3 is 14.6 Å². The summed E-state index contributed by atoms with van der Waals surface area (Å²) in [5.41, 5.74) is 1.89. The van der Waals surface area contributed by atoms with Crippen molar-refractivity contribution < 1.29 is 14.6 Å². The van der Waals surface area contributed by atoms with Gasteiger partial charge in [0, 0.05) is 6.42 Å². The molecular formula is C13H16O3. The Morgan fingerprint density at radius 2 is 1.81 bits per heavy atom. The van der Waals surface area contributed by atoms with Crippen molar-refractivity contribution in [1.82, 2.24) is 0 Å². The first kappa shape index (κ1) is 9.97. The summed E-state index contributed by atoms with van der Waals surface area (Å²) in [5.74, 6) is 1.64. The molecule has 3 heteroatoms. The Kier molecular flexibility index (Phi) is 2.11. The van der Waals surface area contributed by atoms with Crippen LogP contribution in [0.3, 0.4) is 0 Å². The first-order valence-electron chi connectivity index (χ1n) is 5.78. The number of aliphatic hydroxyl groups is 1. The smallest absolute Gasteiger partial charge is 0.161 e. The minimum atomic E-state index is -0.450. The second kappa shape index (κ2) is 3.39. The molecule has 3 rings (SSSR count). The maximum absolute atomic E-state index is 9.94. The van der Waals surface area contributed by atoms with Crippen LogP contribution in [0, 0.1) is 6.92 Å². The second-order valence-corrected chi connectivity index (χ2v) is 4.82. The minimum absolute atomic E-state index is 0.450. The van der Waals surface area contributed by atoms with E-state index in [-0.39, 0.29) is 0 Å². The van der Waals surface area contributed by atoms with Crippen molar-refractivity contribution in [3.05, 3.63) is 23.3 Å². The number of fused-ring (bicyclic) bond motifs is 1. The molecule has 16 heavy (non-hydrogen) atoms. The van der Waals surface area contributed by atoms with Crippen LogP contribution >= 0.6 is 0 Å². The highest BCUT2D eigenvalue weighted by molar-refractivity contribution is 5.48. The summed E-state index contributed by atoms with van der Waals surface area (Å²) in [6.45, 7) is 3.29. The zero-order chi connectivity index (χ0) is 11.2. The van der Waals surface area contributed by atoms with E-state index in [2.05, 4.69) is 6.92 Å². The average Bonchev–Trinajstić information content (AvgIpc) is 2.97. The van der Waals surface area contributed by atoms with Gasteiger partial charge in [0.05, 0.1) is 5.60 Å². The number of aryl methyl sites for hydroxylation is 1. The average molecular weight is 220 g/mol. The number of ether oxygens (including phenoxy) is 2. The van der Waals surface area contributed by atoms with Crippen LogP contribution in [0.15, 0.2) is 12.1 Å². The summed E-state index contributed by atoms with van der Waals surface area (Å²) in [6, 6.07) is 4.02. The molecule has 0 saturated heterocycles. The van der Waals surface area contributed by atoms with E-state index in [1.165, 1.54) is 11.1 Å². The molecule has 1 saturated carbocycles. The summed E-state index contributed by atoms with van der Waals surface area (Å²) in [6.07, 6.45) is 2.57. The summed E-state index contributed by atoms with van der Waals surface area (Å²) < 4.78 is 11.1. The zero-order valence-electron chi connectivity index (χ0n) is 9.45. The van der Waals surface area contributed by atoms with Crippen LogP contribution in [0.1, 0.15) is 24.0 Å². The molecule has 1 aliphatic heterocycles. The van der Waals surface area contributed by atoms with E-state index in [9.17, 15) is 5.11 Å². The van der Waals surface area contributed by atoms with Crippen molar-refractivity contribution in [2.45, 2.75) is 31.8 Å². The summed E-state index contributed by atoms with van der Waals surface area (Å²) >= 11 is 0. The van der Waals surface area contributed by atoms with Gasteiger partial charge in [0.15, 0.2) is 11.5 Å². The third-order valence-corrected chi connectivity index (χ3v) is 3.35. The molecule has 1 aliphatic carbocycles. The van der Waals surface area contributed by atoms with Gasteiger partial charge in [-0.05, 0) is 43.0 Å². The summed E-state index contributed by atoms with van der Waals surface area (Å²) in [5, 5.41) is 9.94. The van der Waals surface area contributed by atoms with Gasteiger partial charge in [-0.3, -0.25) is 0 Å². The number of rotatable bonds is 2. The van der Waals surface area contributed by atoms with E-state index in [0.717, 1.165) is 30.8 Å². The largest absolute Gasteiger partial charge is 0.486 e. The SMILES string of the molecule is Cc1cc2c(cc1CC1(O)CC1)OCCO2. The molecule has 1 aromatic carbocycles. The molecule has 0 unspecified atom stereocenters. The first-order valence-corrected chi connectivity index (χ1v) is 5.78. The molecule has 1 fully saturated rings. The normalized spacial score (nSPS) is 20.6. The molecule has 0 aromatic heterocycles. The van der Waals surface area contributed by atoms with Crippen molar-refractivity contribution in [1.29, 1.82) is 0 Å². The van der Waals surface area contributed by atoms with Gasteiger partial charge in [-0.2, -0.15) is 0 Å². The Morgan fingerprint density at radius 3 is 2.44 bits per heavy atom. The van der Waals surface area contributed by atoms with Crippen molar-refractivity contribution in [3.63, 3.8) is 0 Å². The van der Waals surface area contributed by atoms with E-state index in [1.807, 2.05) is 12.1 Å². The van der Waals surface area contributed by atoms with Crippen LogP contribution < -0.4 is 9.47 Å². The van der Waals surface area contributed by atoms with Crippen LogP contribution in [0.4, 0.5) is 0 Å². The van der Waals surface area contributed by atoms with Crippen LogP contribution in [0.2, 0.25) is 0 Å². The molecule has 3 nitrogen and oxygen atoms in total. The molecule has 0 amide bonds. The van der Waals surface area contributed by atoms with E-state index in [1.54, 1.807) is 0 Å². The van der Waals surface area contributed by atoms with Gasteiger partial charge in [-0.15, -0.1) is 0 Å². The maximum Gasteiger partial charge on any atom is 0.161 e. The van der Waals surface area contributed by atoms with E-state index in [4.69, 9.17) is 9.47 Å². The van der Waals surface area contributed by atoms with Crippen LogP contribution in [-0.4, -0.2) is 23.9 Å². The highest BCUT2D eigenvalue weighted by Crippen LogP contribution is 2.41. The highest BCUT2D eigenvalue weighted by Gasteiger charge is 2.40. The molecule has 2 aliphatic rings. The fraction of sp³-hybridized carbons (Fsp3) is 0.538. The Hall–Kier alpha value is -1.22. The standard InChI is InChI=1S/C13H16O3/c1-9-6-11-12(16-5-4-15-11)7-10(9)8-13(14)2-3-13/h6-7,14H,2-5,8H2,1H3.